The number of hydrogen-bond donors (Lipinski definition) is 2. The van der Waals surface area contributed by atoms with Crippen molar-refractivity contribution in [2.75, 3.05) is 0 Å². The molecular formula is C17H14Cl2FN5O4. The van der Waals surface area contributed by atoms with Crippen molar-refractivity contribution in [3.05, 3.63) is 64.8 Å². The fourth-order valence-corrected chi connectivity index (χ4v) is 3.08. The number of nitrogens with one attached hydrogen (secondary N) is 2. The summed E-state index contributed by atoms with van der Waals surface area (Å²) in [5, 5.41) is 8.83. The van der Waals surface area contributed by atoms with Gasteiger partial charge in [0.15, 0.2) is 17.3 Å². The number of rotatable bonds is 4. The number of benzene rings is 1. The Balaban J connectivity index is 2.11. The first kappa shape index (κ1) is 20.7. The lowest BCUT2D eigenvalue weighted by molar-refractivity contribution is 0.434. The zero-order chi connectivity index (χ0) is 21.5. The van der Waals surface area contributed by atoms with Crippen molar-refractivity contribution in [2.24, 2.45) is 7.05 Å². The molecule has 0 amide bonds. The molecule has 2 N–H and O–H groups in total. The highest BCUT2D eigenvalue weighted by molar-refractivity contribution is 6.37. The normalized spacial score (nSPS) is 11.1. The van der Waals surface area contributed by atoms with E-state index in [9.17, 15) is 18.8 Å². The number of aromatic amines is 2. The van der Waals surface area contributed by atoms with Crippen LogP contribution in [0.5, 0.6) is 11.6 Å². The minimum Gasteiger partial charge on any atom is -0.434 e. The van der Waals surface area contributed by atoms with Crippen molar-refractivity contribution in [3.63, 3.8) is 0 Å². The highest BCUT2D eigenvalue weighted by Gasteiger charge is 2.23. The van der Waals surface area contributed by atoms with E-state index in [4.69, 9.17) is 27.9 Å². The number of aryl methyl sites for hydroxylation is 1. The smallest absolute Gasteiger partial charge is 0.342 e. The molecule has 1 aromatic carbocycles. The van der Waals surface area contributed by atoms with Gasteiger partial charge in [-0.25, -0.2) is 19.0 Å². The summed E-state index contributed by atoms with van der Waals surface area (Å²) in [4.78, 5) is 37.1. The Morgan fingerprint density at radius 3 is 2.52 bits per heavy atom. The molecule has 0 radical (unpaired) electrons. The minimum atomic E-state index is -1.04. The van der Waals surface area contributed by atoms with Crippen molar-refractivity contribution in [3.8, 4) is 22.9 Å². The summed E-state index contributed by atoms with van der Waals surface area (Å²) in [6.07, 6.45) is 0. The summed E-state index contributed by atoms with van der Waals surface area (Å²) >= 11 is 12.2. The quantitative estimate of drug-likeness (QED) is 0.599. The summed E-state index contributed by atoms with van der Waals surface area (Å²) in [7, 11) is 1.45. The van der Waals surface area contributed by atoms with Gasteiger partial charge in [-0.3, -0.25) is 14.6 Å². The van der Waals surface area contributed by atoms with Crippen LogP contribution in [0.3, 0.4) is 0 Å². The van der Waals surface area contributed by atoms with E-state index in [2.05, 4.69) is 10.2 Å². The van der Waals surface area contributed by atoms with E-state index < -0.39 is 27.8 Å². The van der Waals surface area contributed by atoms with Crippen LogP contribution < -0.4 is 21.5 Å². The van der Waals surface area contributed by atoms with Crippen LogP contribution in [0, 0.1) is 5.82 Å². The predicted octanol–water partition coefficient (Wildman–Crippen LogP) is 2.58. The van der Waals surface area contributed by atoms with Gasteiger partial charge in [0.05, 0.1) is 5.02 Å². The topological polar surface area (TPSA) is 123 Å². The van der Waals surface area contributed by atoms with Gasteiger partial charge in [-0.2, -0.15) is 5.10 Å². The largest absolute Gasteiger partial charge is 0.434 e. The second-order valence-electron chi connectivity index (χ2n) is 6.34. The van der Waals surface area contributed by atoms with Gasteiger partial charge in [0.1, 0.15) is 5.02 Å². The number of ether oxygens (including phenoxy) is 1. The Bertz CT molecular complexity index is 1280. The molecule has 0 atom stereocenters. The van der Waals surface area contributed by atoms with E-state index in [-0.39, 0.29) is 33.7 Å². The van der Waals surface area contributed by atoms with Crippen LogP contribution in [0.25, 0.3) is 11.3 Å². The average Bonchev–Trinajstić information content (AvgIpc) is 2.64. The first-order valence-electron chi connectivity index (χ1n) is 8.23. The number of hydrogen-bond acceptors (Lipinski definition) is 6. The first-order chi connectivity index (χ1) is 13.6. The molecule has 29 heavy (non-hydrogen) atoms. The maximum absolute atomic E-state index is 14.8. The second kappa shape index (κ2) is 7.80. The Kier molecular flexibility index (Phi) is 5.58. The van der Waals surface area contributed by atoms with Gasteiger partial charge in [-0.1, -0.05) is 37.0 Å². The van der Waals surface area contributed by atoms with Crippen molar-refractivity contribution in [2.45, 2.75) is 19.8 Å². The van der Waals surface area contributed by atoms with E-state index in [0.717, 1.165) is 10.7 Å². The zero-order valence-corrected chi connectivity index (χ0v) is 16.9. The van der Waals surface area contributed by atoms with Gasteiger partial charge < -0.3 is 4.74 Å². The first-order valence-corrected chi connectivity index (χ1v) is 8.98. The Morgan fingerprint density at radius 1 is 1.21 bits per heavy atom. The SMILES string of the molecule is CC(C)c1cc(Oc2c(Cl)cc(-c3n[nH]c(=O)[nH]c3=O)c(F)c2Cl)nn(C)c1=O. The van der Waals surface area contributed by atoms with Gasteiger partial charge in [-0.05, 0) is 12.0 Å². The van der Waals surface area contributed by atoms with Crippen molar-refractivity contribution in [1.29, 1.82) is 0 Å². The van der Waals surface area contributed by atoms with E-state index >= 15 is 0 Å². The lowest BCUT2D eigenvalue weighted by Gasteiger charge is -2.14. The molecule has 0 aliphatic heterocycles. The van der Waals surface area contributed by atoms with Gasteiger partial charge in [0, 0.05) is 24.2 Å². The minimum absolute atomic E-state index is 0.0215. The monoisotopic (exact) mass is 441 g/mol. The van der Waals surface area contributed by atoms with Crippen LogP contribution in [0.15, 0.2) is 26.5 Å². The molecule has 0 aliphatic carbocycles. The Morgan fingerprint density at radius 2 is 1.90 bits per heavy atom. The molecule has 0 saturated heterocycles. The molecule has 12 heteroatoms. The molecule has 9 nitrogen and oxygen atoms in total. The number of halogens is 3. The van der Waals surface area contributed by atoms with E-state index in [1.165, 1.54) is 13.1 Å². The molecule has 3 rings (SSSR count). The molecule has 2 aromatic heterocycles. The molecule has 2 heterocycles. The van der Waals surface area contributed by atoms with E-state index in [0.29, 0.717) is 5.56 Å². The Labute approximate surface area is 172 Å². The summed E-state index contributed by atoms with van der Waals surface area (Å²) in [5.41, 5.74) is -2.38. The van der Waals surface area contributed by atoms with E-state index in [1.807, 2.05) is 23.9 Å². The summed E-state index contributed by atoms with van der Waals surface area (Å²) in [6.45, 7) is 3.65. The standard InChI is InChI=1S/C17H14Cl2FN5O4/c1-6(2)7-5-10(24-25(3)16(7)27)29-14-9(18)4-8(12(20)11(14)19)13-15(26)21-17(28)23-22-13/h4-6H,1-3H3,(H2,21,23,26,28). The van der Waals surface area contributed by atoms with Crippen molar-refractivity contribution >= 4 is 23.2 Å². The van der Waals surface area contributed by atoms with Crippen LogP contribution in [0.4, 0.5) is 4.39 Å². The summed E-state index contributed by atoms with van der Waals surface area (Å²) < 4.78 is 21.5. The fourth-order valence-electron chi connectivity index (χ4n) is 2.55. The molecule has 0 bridgehead atoms. The third-order valence-corrected chi connectivity index (χ3v) is 4.60. The predicted molar refractivity (Wildman–Crippen MR) is 105 cm³/mol. The zero-order valence-electron chi connectivity index (χ0n) is 15.3. The van der Waals surface area contributed by atoms with Crippen LogP contribution >= 0.6 is 23.2 Å². The number of nitrogens with zero attached hydrogens (tertiary/aromatic N) is 3. The molecular weight excluding hydrogens is 428 g/mol. The molecule has 0 aliphatic rings. The number of aromatic nitrogens is 5. The average molecular weight is 442 g/mol. The van der Waals surface area contributed by atoms with Gasteiger partial charge in [0.2, 0.25) is 5.88 Å². The molecule has 0 saturated carbocycles. The highest BCUT2D eigenvalue weighted by Crippen LogP contribution is 2.41. The molecule has 0 fully saturated rings. The summed E-state index contributed by atoms with van der Waals surface area (Å²) in [5.74, 6) is -1.42. The van der Waals surface area contributed by atoms with Crippen LogP contribution in [-0.2, 0) is 7.05 Å². The lowest BCUT2D eigenvalue weighted by Crippen LogP contribution is -2.25. The molecule has 0 spiro atoms. The van der Waals surface area contributed by atoms with Crippen molar-refractivity contribution in [1.82, 2.24) is 25.0 Å². The van der Waals surface area contributed by atoms with Crippen LogP contribution in [0.2, 0.25) is 10.0 Å². The second-order valence-corrected chi connectivity index (χ2v) is 7.13. The van der Waals surface area contributed by atoms with Crippen LogP contribution in [-0.4, -0.2) is 25.0 Å². The van der Waals surface area contributed by atoms with Crippen molar-refractivity contribution < 1.29 is 9.13 Å². The van der Waals surface area contributed by atoms with Gasteiger partial charge in [-0.15, -0.1) is 5.10 Å². The third kappa shape index (κ3) is 3.94. The summed E-state index contributed by atoms with van der Waals surface area (Å²) in [6, 6.07) is 2.50. The lowest BCUT2D eigenvalue weighted by atomic mass is 10.1. The maximum atomic E-state index is 14.8. The van der Waals surface area contributed by atoms with E-state index in [1.54, 1.807) is 0 Å². The molecule has 152 valence electrons. The van der Waals surface area contributed by atoms with Gasteiger partial charge >= 0.3 is 5.69 Å². The van der Waals surface area contributed by atoms with Crippen LogP contribution in [0.1, 0.15) is 25.3 Å². The number of H-pyrrole nitrogens is 2. The maximum Gasteiger partial charge on any atom is 0.342 e. The third-order valence-electron chi connectivity index (χ3n) is 3.98. The fraction of sp³-hybridized carbons (Fsp3) is 0.235. The molecule has 0 unspecified atom stereocenters. The van der Waals surface area contributed by atoms with Gasteiger partial charge in [0.25, 0.3) is 11.1 Å². The molecule has 3 aromatic rings. The highest BCUT2D eigenvalue weighted by atomic mass is 35.5. The Hall–Kier alpha value is -2.98.